The van der Waals surface area contributed by atoms with Gasteiger partial charge in [-0.1, -0.05) is 42.5 Å². The van der Waals surface area contributed by atoms with Crippen LogP contribution in [0, 0.1) is 10.1 Å². The third kappa shape index (κ3) is 4.15. The normalized spacial score (nSPS) is 11.7. The van der Waals surface area contributed by atoms with Crippen molar-refractivity contribution in [1.82, 2.24) is 0 Å². The van der Waals surface area contributed by atoms with E-state index in [1.807, 2.05) is 6.07 Å². The van der Waals surface area contributed by atoms with Crippen LogP contribution < -0.4 is 4.74 Å². The Morgan fingerprint density at radius 2 is 1.91 bits per heavy atom. The molecule has 5 heteroatoms. The standard InChI is InChI=1S/C17H17NO4/c1-22-16-9-5-8-14(10-16)15(12-18(20)21)11-17(19)13-6-3-2-4-7-13/h2-10,15H,11-12H2,1H3/t15-/m0/s1. The molecule has 0 heterocycles. The minimum atomic E-state index is -0.474. The lowest BCUT2D eigenvalue weighted by molar-refractivity contribution is -0.483. The van der Waals surface area contributed by atoms with Gasteiger partial charge in [-0.2, -0.15) is 0 Å². The molecule has 2 aromatic carbocycles. The van der Waals surface area contributed by atoms with E-state index in [4.69, 9.17) is 4.74 Å². The molecule has 0 N–H and O–H groups in total. The summed E-state index contributed by atoms with van der Waals surface area (Å²) in [5, 5.41) is 10.9. The maximum atomic E-state index is 12.3. The second kappa shape index (κ2) is 7.36. The molecule has 0 saturated heterocycles. The fraction of sp³-hybridized carbons (Fsp3) is 0.235. The summed E-state index contributed by atoms with van der Waals surface area (Å²) in [6.07, 6.45) is 0.0954. The Morgan fingerprint density at radius 3 is 2.55 bits per heavy atom. The number of Topliss-reactive ketones (excluding diaryl/α,β-unsaturated/α-hetero) is 1. The summed E-state index contributed by atoms with van der Waals surface area (Å²) >= 11 is 0. The SMILES string of the molecule is COc1cccc([C@@H](CC(=O)c2ccccc2)C[N+](=O)[O-])c1. The van der Waals surface area contributed by atoms with Gasteiger partial charge in [-0.3, -0.25) is 14.9 Å². The molecule has 0 bridgehead atoms. The molecular weight excluding hydrogens is 282 g/mol. The van der Waals surface area contributed by atoms with Crippen molar-refractivity contribution in [3.8, 4) is 5.75 Å². The maximum absolute atomic E-state index is 12.3. The third-order valence-electron chi connectivity index (χ3n) is 3.46. The molecule has 0 amide bonds. The quantitative estimate of drug-likeness (QED) is 0.447. The van der Waals surface area contributed by atoms with E-state index in [0.29, 0.717) is 11.3 Å². The highest BCUT2D eigenvalue weighted by atomic mass is 16.6. The van der Waals surface area contributed by atoms with Crippen molar-refractivity contribution in [2.75, 3.05) is 13.7 Å². The van der Waals surface area contributed by atoms with Gasteiger partial charge in [0.15, 0.2) is 5.78 Å². The van der Waals surface area contributed by atoms with Crippen molar-refractivity contribution in [3.05, 3.63) is 75.8 Å². The van der Waals surface area contributed by atoms with Crippen molar-refractivity contribution in [1.29, 1.82) is 0 Å². The Hall–Kier alpha value is -2.69. The van der Waals surface area contributed by atoms with Crippen LogP contribution in [0.25, 0.3) is 0 Å². The first-order valence-electron chi connectivity index (χ1n) is 6.94. The van der Waals surface area contributed by atoms with E-state index >= 15 is 0 Å². The number of ether oxygens (including phenoxy) is 1. The van der Waals surface area contributed by atoms with E-state index in [1.54, 1.807) is 48.5 Å². The average molecular weight is 299 g/mol. The molecule has 0 radical (unpaired) electrons. The molecular formula is C17H17NO4. The molecule has 1 atom stereocenters. The Balaban J connectivity index is 2.22. The minimum Gasteiger partial charge on any atom is -0.497 e. The number of carbonyl (C=O) groups is 1. The van der Waals surface area contributed by atoms with Gasteiger partial charge in [0.05, 0.1) is 13.0 Å². The molecule has 0 aliphatic carbocycles. The highest BCUT2D eigenvalue weighted by molar-refractivity contribution is 5.96. The van der Waals surface area contributed by atoms with E-state index in [0.717, 1.165) is 5.56 Å². The Morgan fingerprint density at radius 1 is 1.18 bits per heavy atom. The molecule has 2 aromatic rings. The summed E-state index contributed by atoms with van der Waals surface area (Å²) < 4.78 is 5.14. The van der Waals surface area contributed by atoms with Gasteiger partial charge in [0.2, 0.25) is 6.54 Å². The zero-order valence-corrected chi connectivity index (χ0v) is 12.3. The van der Waals surface area contributed by atoms with Gasteiger partial charge in [0, 0.05) is 16.9 Å². The van der Waals surface area contributed by atoms with Gasteiger partial charge in [-0.15, -0.1) is 0 Å². The zero-order valence-electron chi connectivity index (χ0n) is 12.3. The number of hydrogen-bond acceptors (Lipinski definition) is 4. The predicted octanol–water partition coefficient (Wildman–Crippen LogP) is 3.33. The number of carbonyl (C=O) groups excluding carboxylic acids is 1. The van der Waals surface area contributed by atoms with Crippen molar-refractivity contribution in [3.63, 3.8) is 0 Å². The Bertz CT molecular complexity index is 655. The number of rotatable bonds is 7. The van der Waals surface area contributed by atoms with Crippen molar-refractivity contribution in [2.24, 2.45) is 0 Å². The predicted molar refractivity (Wildman–Crippen MR) is 83.0 cm³/mol. The highest BCUT2D eigenvalue weighted by Gasteiger charge is 2.22. The lowest BCUT2D eigenvalue weighted by Gasteiger charge is -2.13. The van der Waals surface area contributed by atoms with Crippen molar-refractivity contribution >= 4 is 5.78 Å². The Kier molecular flexibility index (Phi) is 5.25. The van der Waals surface area contributed by atoms with Crippen LogP contribution in [0.4, 0.5) is 0 Å². The van der Waals surface area contributed by atoms with Crippen LogP contribution in [0.1, 0.15) is 28.3 Å². The van der Waals surface area contributed by atoms with Gasteiger partial charge in [0.1, 0.15) is 5.75 Å². The second-order valence-corrected chi connectivity index (χ2v) is 4.98. The fourth-order valence-corrected chi connectivity index (χ4v) is 2.33. The van der Waals surface area contributed by atoms with E-state index in [1.165, 1.54) is 7.11 Å². The first-order chi connectivity index (χ1) is 10.6. The molecule has 0 fully saturated rings. The summed E-state index contributed by atoms with van der Waals surface area (Å²) in [7, 11) is 1.54. The lowest BCUT2D eigenvalue weighted by atomic mass is 9.91. The molecule has 0 spiro atoms. The monoisotopic (exact) mass is 299 g/mol. The van der Waals surface area contributed by atoms with Gasteiger partial charge in [0.25, 0.3) is 0 Å². The van der Waals surface area contributed by atoms with Gasteiger partial charge >= 0.3 is 0 Å². The molecule has 0 aliphatic heterocycles. The molecule has 5 nitrogen and oxygen atoms in total. The summed E-state index contributed by atoms with van der Waals surface area (Å²) in [5.41, 5.74) is 1.30. The van der Waals surface area contributed by atoms with E-state index in [-0.39, 0.29) is 23.7 Å². The molecule has 0 saturated carbocycles. The Labute approximate surface area is 128 Å². The summed E-state index contributed by atoms with van der Waals surface area (Å²) in [6.45, 7) is -0.286. The lowest BCUT2D eigenvalue weighted by Crippen LogP contribution is -2.16. The van der Waals surface area contributed by atoms with Gasteiger partial charge in [-0.25, -0.2) is 0 Å². The van der Waals surface area contributed by atoms with E-state index < -0.39 is 5.92 Å². The van der Waals surface area contributed by atoms with Gasteiger partial charge in [-0.05, 0) is 17.7 Å². The second-order valence-electron chi connectivity index (χ2n) is 4.98. The number of nitrogens with zero attached hydrogens (tertiary/aromatic N) is 1. The molecule has 2 rings (SSSR count). The van der Waals surface area contributed by atoms with Gasteiger partial charge < -0.3 is 4.74 Å². The molecule has 0 unspecified atom stereocenters. The largest absolute Gasteiger partial charge is 0.497 e. The first-order valence-corrected chi connectivity index (χ1v) is 6.94. The van der Waals surface area contributed by atoms with Crippen molar-refractivity contribution in [2.45, 2.75) is 12.3 Å². The number of ketones is 1. The van der Waals surface area contributed by atoms with Crippen LogP contribution in [0.3, 0.4) is 0 Å². The molecule has 0 aliphatic rings. The number of methoxy groups -OCH3 is 1. The molecule has 22 heavy (non-hydrogen) atoms. The smallest absolute Gasteiger partial charge is 0.211 e. The summed E-state index contributed by atoms with van der Waals surface area (Å²) in [5.74, 6) is 0.0473. The summed E-state index contributed by atoms with van der Waals surface area (Å²) in [6, 6.07) is 15.9. The zero-order chi connectivity index (χ0) is 15.9. The minimum absolute atomic E-state index is 0.0954. The average Bonchev–Trinajstić information content (AvgIpc) is 2.54. The topological polar surface area (TPSA) is 69.4 Å². The van der Waals surface area contributed by atoms with E-state index in [2.05, 4.69) is 0 Å². The van der Waals surface area contributed by atoms with Crippen LogP contribution in [-0.2, 0) is 0 Å². The number of nitro groups is 1. The third-order valence-corrected chi connectivity index (χ3v) is 3.46. The van der Waals surface area contributed by atoms with Crippen LogP contribution in [0.15, 0.2) is 54.6 Å². The van der Waals surface area contributed by atoms with Crippen LogP contribution in [0.5, 0.6) is 5.75 Å². The molecule has 114 valence electrons. The summed E-state index contributed by atoms with van der Waals surface area (Å²) in [4.78, 5) is 22.8. The highest BCUT2D eigenvalue weighted by Crippen LogP contribution is 2.25. The number of hydrogen-bond donors (Lipinski definition) is 0. The van der Waals surface area contributed by atoms with Crippen LogP contribution in [-0.4, -0.2) is 24.4 Å². The fourth-order valence-electron chi connectivity index (χ4n) is 2.33. The van der Waals surface area contributed by atoms with E-state index in [9.17, 15) is 14.9 Å². The molecule has 0 aromatic heterocycles. The first kappa shape index (κ1) is 15.7. The van der Waals surface area contributed by atoms with Crippen LogP contribution in [0.2, 0.25) is 0 Å². The van der Waals surface area contributed by atoms with Crippen molar-refractivity contribution < 1.29 is 14.5 Å². The number of benzene rings is 2. The maximum Gasteiger partial charge on any atom is 0.211 e. The van der Waals surface area contributed by atoms with Crippen LogP contribution >= 0.6 is 0 Å².